The van der Waals surface area contributed by atoms with Crippen molar-refractivity contribution in [1.29, 1.82) is 0 Å². The maximum absolute atomic E-state index is 10.4. The molecule has 0 atom stereocenters. The van der Waals surface area contributed by atoms with E-state index in [1.807, 2.05) is 0 Å². The number of nitrogens with one attached hydrogen (secondary N) is 1. The highest BCUT2D eigenvalue weighted by Gasteiger charge is 2.30. The minimum atomic E-state index is -1.22. The van der Waals surface area contributed by atoms with Crippen LogP contribution >= 0.6 is 0 Å². The van der Waals surface area contributed by atoms with Crippen molar-refractivity contribution in [2.75, 3.05) is 0 Å². The van der Waals surface area contributed by atoms with Crippen molar-refractivity contribution >= 4 is 33.9 Å². The number of amides is 1. The topological polar surface area (TPSA) is 57.2 Å². The number of hydrogen-bond donors (Lipinski definition) is 1. The van der Waals surface area contributed by atoms with Gasteiger partial charge in [-0.15, -0.1) is 0 Å². The minimum absolute atomic E-state index is 0.410. The summed E-state index contributed by atoms with van der Waals surface area (Å²) in [6, 6.07) is 46.9. The summed E-state index contributed by atoms with van der Waals surface area (Å²) in [4.78, 5) is 13.1. The van der Waals surface area contributed by atoms with Gasteiger partial charge in [0.1, 0.15) is 11.7 Å². The normalized spacial score (nSPS) is 10.6. The van der Waals surface area contributed by atoms with Crippen LogP contribution in [0.25, 0.3) is 0 Å². The third-order valence-electron chi connectivity index (χ3n) is 6.19. The van der Waals surface area contributed by atoms with Gasteiger partial charge in [-0.05, 0) is 6.07 Å². The Morgan fingerprint density at radius 3 is 1.12 bits per heavy atom. The van der Waals surface area contributed by atoms with E-state index in [0.29, 0.717) is 5.56 Å². The molecule has 0 spiro atoms. The maximum Gasteiger partial charge on any atom is 0.254 e. The standard InChI is InChI=1S/C24H20B.C6H6N2O/c1-5-13-21(14-6-1)25(22-15-7-2-8-16-22,23-17-9-3-10-18-23)24-19-11-4-12-20-24;7-6(9)5-2-1-3-8-4-5/h1-20H;1-4H,(H2,7,9)/q-1;/p+1. The second-order valence-electron chi connectivity index (χ2n) is 8.17. The number of pyridine rings is 1. The van der Waals surface area contributed by atoms with E-state index in [0.717, 1.165) is 0 Å². The first-order valence-electron chi connectivity index (χ1n) is 11.4. The molecule has 0 radical (unpaired) electrons. The molecule has 5 rings (SSSR count). The zero-order valence-corrected chi connectivity index (χ0v) is 18.9. The summed E-state index contributed by atoms with van der Waals surface area (Å²) in [5, 5.41) is 0. The van der Waals surface area contributed by atoms with Crippen molar-refractivity contribution in [1.82, 2.24) is 0 Å². The lowest BCUT2D eigenvalue weighted by atomic mass is 9.13. The second-order valence-corrected chi connectivity index (χ2v) is 8.17. The number of primary amides is 1. The van der Waals surface area contributed by atoms with Crippen LogP contribution in [0.2, 0.25) is 0 Å². The zero-order chi connectivity index (χ0) is 23.6. The smallest absolute Gasteiger partial charge is 0.254 e. The molecule has 0 saturated carbocycles. The molecular weight excluding hydrogens is 415 g/mol. The first-order chi connectivity index (χ1) is 16.7. The van der Waals surface area contributed by atoms with E-state index in [9.17, 15) is 4.79 Å². The van der Waals surface area contributed by atoms with Gasteiger partial charge >= 0.3 is 0 Å². The number of aromatic nitrogens is 1. The Kier molecular flexibility index (Phi) is 7.31. The first kappa shape index (κ1) is 22.7. The lowest BCUT2D eigenvalue weighted by molar-refractivity contribution is -0.378. The van der Waals surface area contributed by atoms with E-state index in [1.54, 1.807) is 24.5 Å². The molecule has 1 heterocycles. The Morgan fingerprint density at radius 2 is 0.882 bits per heavy atom. The molecule has 4 heteroatoms. The Balaban J connectivity index is 0.000000257. The molecule has 0 fully saturated rings. The quantitative estimate of drug-likeness (QED) is 0.418. The summed E-state index contributed by atoms with van der Waals surface area (Å²) in [7, 11) is 0. The molecule has 166 valence electrons. The Labute approximate surface area is 200 Å². The molecule has 3 N–H and O–H groups in total. The Hall–Kier alpha value is -4.44. The van der Waals surface area contributed by atoms with E-state index < -0.39 is 12.1 Å². The van der Waals surface area contributed by atoms with Gasteiger partial charge in [0.25, 0.3) is 5.91 Å². The molecule has 0 aliphatic carbocycles. The fraction of sp³-hybridized carbons (Fsp3) is 0. The molecule has 0 unspecified atom stereocenters. The van der Waals surface area contributed by atoms with E-state index in [2.05, 4.69) is 126 Å². The van der Waals surface area contributed by atoms with Gasteiger partial charge in [-0.1, -0.05) is 121 Å². The number of H-pyrrole nitrogens is 1. The zero-order valence-electron chi connectivity index (χ0n) is 18.9. The maximum atomic E-state index is 10.4. The van der Waals surface area contributed by atoms with Gasteiger partial charge in [0, 0.05) is 6.07 Å². The number of benzene rings is 4. The molecule has 1 amide bonds. The van der Waals surface area contributed by atoms with Gasteiger partial charge in [0.15, 0.2) is 12.4 Å². The van der Waals surface area contributed by atoms with Crippen LogP contribution in [0.15, 0.2) is 146 Å². The lowest BCUT2D eigenvalue weighted by Crippen LogP contribution is -2.74. The number of carbonyl (C=O) groups is 1. The predicted octanol–water partition coefficient (Wildman–Crippen LogP) is 2.66. The van der Waals surface area contributed by atoms with E-state index in [-0.39, 0.29) is 0 Å². The average Bonchev–Trinajstić information content (AvgIpc) is 2.93. The lowest BCUT2D eigenvalue weighted by Gasteiger charge is -2.44. The van der Waals surface area contributed by atoms with Crippen molar-refractivity contribution in [3.63, 3.8) is 0 Å². The average molecular weight is 442 g/mol. The summed E-state index contributed by atoms with van der Waals surface area (Å²) >= 11 is 0. The van der Waals surface area contributed by atoms with Crippen molar-refractivity contribution in [3.05, 3.63) is 151 Å². The second kappa shape index (κ2) is 10.9. The van der Waals surface area contributed by atoms with Gasteiger partial charge in [0.05, 0.1) is 0 Å². The largest absolute Gasteiger partial charge is 0.365 e. The number of carbonyl (C=O) groups excluding carboxylic acids is 1. The van der Waals surface area contributed by atoms with Gasteiger partial charge < -0.3 is 5.73 Å². The van der Waals surface area contributed by atoms with Crippen molar-refractivity contribution in [3.8, 4) is 0 Å². The minimum Gasteiger partial charge on any atom is -0.365 e. The Morgan fingerprint density at radius 1 is 0.529 bits per heavy atom. The van der Waals surface area contributed by atoms with Gasteiger partial charge in [-0.2, -0.15) is 21.9 Å². The fourth-order valence-corrected chi connectivity index (χ4v) is 4.67. The molecule has 5 aromatic rings. The highest BCUT2D eigenvalue weighted by Crippen LogP contribution is 2.09. The van der Waals surface area contributed by atoms with Crippen LogP contribution in [-0.4, -0.2) is 12.1 Å². The molecule has 0 aliphatic rings. The summed E-state index contributed by atoms with van der Waals surface area (Å²) in [6.45, 7) is 0. The van der Waals surface area contributed by atoms with Crippen molar-refractivity contribution < 1.29 is 9.78 Å². The molecule has 0 bridgehead atoms. The van der Waals surface area contributed by atoms with Gasteiger partial charge in [-0.25, -0.2) is 4.98 Å². The molecule has 4 aromatic carbocycles. The number of nitrogens with two attached hydrogens (primary N) is 1. The fourth-order valence-electron chi connectivity index (χ4n) is 4.67. The number of aromatic amines is 1. The van der Waals surface area contributed by atoms with Crippen LogP contribution in [0, 0.1) is 0 Å². The molecule has 34 heavy (non-hydrogen) atoms. The summed E-state index contributed by atoms with van der Waals surface area (Å²) < 4.78 is 0. The van der Waals surface area contributed by atoms with Crippen molar-refractivity contribution in [2.45, 2.75) is 0 Å². The van der Waals surface area contributed by atoms with Crippen LogP contribution in [0.3, 0.4) is 0 Å². The number of hydrogen-bond acceptors (Lipinski definition) is 1. The van der Waals surface area contributed by atoms with E-state index >= 15 is 0 Å². The van der Waals surface area contributed by atoms with Crippen LogP contribution in [-0.2, 0) is 0 Å². The predicted molar refractivity (Wildman–Crippen MR) is 142 cm³/mol. The van der Waals surface area contributed by atoms with E-state index in [4.69, 9.17) is 5.73 Å². The number of rotatable bonds is 5. The third-order valence-corrected chi connectivity index (χ3v) is 6.19. The molecule has 3 nitrogen and oxygen atoms in total. The van der Waals surface area contributed by atoms with E-state index in [1.165, 1.54) is 21.9 Å². The monoisotopic (exact) mass is 442 g/mol. The first-order valence-corrected chi connectivity index (χ1v) is 11.4. The Bertz CT molecular complexity index is 1130. The highest BCUT2D eigenvalue weighted by molar-refractivity contribution is 7.19. The van der Waals surface area contributed by atoms with Gasteiger partial charge in [-0.3, -0.25) is 4.79 Å². The van der Waals surface area contributed by atoms with Crippen LogP contribution < -0.4 is 32.6 Å². The molecule has 0 saturated heterocycles. The molecule has 1 aromatic heterocycles. The summed E-state index contributed by atoms with van der Waals surface area (Å²) in [6.07, 6.45) is 2.06. The van der Waals surface area contributed by atoms with Crippen molar-refractivity contribution in [2.24, 2.45) is 5.73 Å². The van der Waals surface area contributed by atoms with Crippen LogP contribution in [0.1, 0.15) is 10.4 Å². The van der Waals surface area contributed by atoms with Crippen LogP contribution in [0.4, 0.5) is 0 Å². The van der Waals surface area contributed by atoms with Gasteiger partial charge in [0.2, 0.25) is 0 Å². The molecule has 0 aliphatic heterocycles. The van der Waals surface area contributed by atoms with Crippen LogP contribution in [0.5, 0.6) is 0 Å². The SMILES string of the molecule is NC(=O)c1ccc[nH+]c1.c1ccc([B-](c2ccccc2)(c2ccccc2)c2ccccc2)cc1. The summed E-state index contributed by atoms with van der Waals surface area (Å²) in [5.41, 5.74) is 10.8. The highest BCUT2D eigenvalue weighted by atomic mass is 16.1. The summed E-state index contributed by atoms with van der Waals surface area (Å²) in [5.74, 6) is -0.410. The third kappa shape index (κ3) is 4.81. The molecular formula is C30H27BN2O.